The smallest absolute Gasteiger partial charge is 0.274 e. The van der Waals surface area contributed by atoms with Gasteiger partial charge in [0.05, 0.1) is 25.6 Å². The summed E-state index contributed by atoms with van der Waals surface area (Å²) in [5, 5.41) is 2.90. The van der Waals surface area contributed by atoms with Crippen LogP contribution in [0.5, 0.6) is 11.5 Å². The highest BCUT2D eigenvalue weighted by atomic mass is 79.9. The maximum atomic E-state index is 13.0. The molecule has 1 aromatic carbocycles. The van der Waals surface area contributed by atoms with Crippen molar-refractivity contribution in [3.05, 3.63) is 52.4 Å². The first-order valence-corrected chi connectivity index (χ1v) is 8.56. The number of aromatic nitrogens is 2. The molecule has 0 aliphatic rings. The van der Waals surface area contributed by atoms with E-state index in [1.807, 2.05) is 25.3 Å². The predicted molar refractivity (Wildman–Crippen MR) is 99.8 cm³/mol. The van der Waals surface area contributed by atoms with E-state index >= 15 is 0 Å². The topological polar surface area (TPSA) is 64.9 Å². The molecule has 0 aliphatic heterocycles. The van der Waals surface area contributed by atoms with Gasteiger partial charge in [-0.3, -0.25) is 9.20 Å². The Labute approximate surface area is 153 Å². The number of pyridine rings is 1. The fourth-order valence-electron chi connectivity index (χ4n) is 2.65. The van der Waals surface area contributed by atoms with E-state index in [0.29, 0.717) is 29.3 Å². The first-order chi connectivity index (χ1) is 12.1. The van der Waals surface area contributed by atoms with Crippen molar-refractivity contribution in [3.8, 4) is 11.5 Å². The van der Waals surface area contributed by atoms with E-state index in [1.54, 1.807) is 36.8 Å². The minimum Gasteiger partial charge on any atom is -0.497 e. The first-order valence-electron chi connectivity index (χ1n) is 7.77. The number of anilines is 1. The van der Waals surface area contributed by atoms with Crippen molar-refractivity contribution in [2.75, 3.05) is 19.5 Å². The number of aryl methyl sites for hydroxylation is 1. The molecule has 3 rings (SSSR count). The third-order valence-corrected chi connectivity index (χ3v) is 4.33. The zero-order chi connectivity index (χ0) is 18.0. The standard InChI is InChI=1S/C18H18BrN3O3/c1-4-13-17(22-10-11(19)5-8-16(22)20-13)18(23)21-14-9-12(24-2)6-7-15(14)25-3/h5-10H,4H2,1-3H3,(H,21,23). The van der Waals surface area contributed by atoms with Gasteiger partial charge in [0.1, 0.15) is 22.8 Å². The van der Waals surface area contributed by atoms with Crippen LogP contribution in [0.3, 0.4) is 0 Å². The lowest BCUT2D eigenvalue weighted by Gasteiger charge is -2.12. The number of nitrogens with one attached hydrogen (secondary N) is 1. The molecular weight excluding hydrogens is 386 g/mol. The monoisotopic (exact) mass is 403 g/mol. The third kappa shape index (κ3) is 3.32. The number of halogens is 1. The SMILES string of the molecule is CCc1nc2ccc(Br)cn2c1C(=O)Nc1cc(OC)ccc1OC. The van der Waals surface area contributed by atoms with Gasteiger partial charge in [0, 0.05) is 16.7 Å². The summed E-state index contributed by atoms with van der Waals surface area (Å²) in [6.45, 7) is 1.97. The van der Waals surface area contributed by atoms with Crippen LogP contribution in [0.4, 0.5) is 5.69 Å². The van der Waals surface area contributed by atoms with Crippen LogP contribution in [0.25, 0.3) is 5.65 Å². The average molecular weight is 404 g/mol. The second kappa shape index (κ2) is 7.14. The van der Waals surface area contributed by atoms with Crippen LogP contribution >= 0.6 is 15.9 Å². The van der Waals surface area contributed by atoms with E-state index in [0.717, 1.165) is 15.8 Å². The lowest BCUT2D eigenvalue weighted by molar-refractivity contribution is 0.102. The van der Waals surface area contributed by atoms with Crippen LogP contribution in [0.15, 0.2) is 41.0 Å². The molecule has 1 N–H and O–H groups in total. The van der Waals surface area contributed by atoms with Crippen molar-refractivity contribution in [3.63, 3.8) is 0 Å². The number of imidazole rings is 1. The summed E-state index contributed by atoms with van der Waals surface area (Å²) >= 11 is 3.44. The maximum Gasteiger partial charge on any atom is 0.274 e. The van der Waals surface area contributed by atoms with Gasteiger partial charge in [-0.25, -0.2) is 4.98 Å². The fourth-order valence-corrected chi connectivity index (χ4v) is 2.98. The van der Waals surface area contributed by atoms with Crippen LogP contribution in [-0.2, 0) is 6.42 Å². The minimum atomic E-state index is -0.256. The number of carbonyl (C=O) groups is 1. The van der Waals surface area contributed by atoms with Crippen LogP contribution in [-0.4, -0.2) is 29.5 Å². The van der Waals surface area contributed by atoms with Crippen LogP contribution < -0.4 is 14.8 Å². The van der Waals surface area contributed by atoms with Crippen LogP contribution in [0.2, 0.25) is 0 Å². The molecule has 0 atom stereocenters. The minimum absolute atomic E-state index is 0.256. The summed E-state index contributed by atoms with van der Waals surface area (Å²) in [5.74, 6) is 0.934. The molecule has 130 valence electrons. The molecule has 1 amide bonds. The summed E-state index contributed by atoms with van der Waals surface area (Å²) < 4.78 is 13.2. The number of hydrogen-bond donors (Lipinski definition) is 1. The highest BCUT2D eigenvalue weighted by Gasteiger charge is 2.20. The maximum absolute atomic E-state index is 13.0. The molecule has 2 heterocycles. The Morgan fingerprint density at radius 2 is 2.04 bits per heavy atom. The molecule has 7 heteroatoms. The van der Waals surface area contributed by atoms with E-state index in [2.05, 4.69) is 26.2 Å². The van der Waals surface area contributed by atoms with E-state index in [4.69, 9.17) is 9.47 Å². The number of methoxy groups -OCH3 is 2. The molecule has 0 fully saturated rings. The fraction of sp³-hybridized carbons (Fsp3) is 0.222. The Kier molecular flexibility index (Phi) is 4.94. The van der Waals surface area contributed by atoms with E-state index in [-0.39, 0.29) is 5.91 Å². The quantitative estimate of drug-likeness (QED) is 0.700. The van der Waals surface area contributed by atoms with Crippen molar-refractivity contribution in [2.45, 2.75) is 13.3 Å². The largest absolute Gasteiger partial charge is 0.497 e. The number of nitrogens with zero attached hydrogens (tertiary/aromatic N) is 2. The summed E-state index contributed by atoms with van der Waals surface area (Å²) in [5.41, 5.74) is 2.50. The van der Waals surface area contributed by atoms with Gasteiger partial charge in [-0.1, -0.05) is 6.92 Å². The van der Waals surface area contributed by atoms with Crippen molar-refractivity contribution in [1.29, 1.82) is 0 Å². The molecule has 6 nitrogen and oxygen atoms in total. The van der Waals surface area contributed by atoms with Gasteiger partial charge in [0.15, 0.2) is 0 Å². The molecular formula is C18H18BrN3O3. The van der Waals surface area contributed by atoms with Crippen molar-refractivity contribution < 1.29 is 14.3 Å². The van der Waals surface area contributed by atoms with Crippen LogP contribution in [0, 0.1) is 0 Å². The molecule has 25 heavy (non-hydrogen) atoms. The Morgan fingerprint density at radius 3 is 2.72 bits per heavy atom. The Balaban J connectivity index is 2.04. The lowest BCUT2D eigenvalue weighted by atomic mass is 10.2. The van der Waals surface area contributed by atoms with Gasteiger partial charge in [0.25, 0.3) is 5.91 Å². The summed E-state index contributed by atoms with van der Waals surface area (Å²) in [6.07, 6.45) is 2.48. The number of carbonyl (C=O) groups excluding carboxylic acids is 1. The molecule has 0 saturated carbocycles. The normalized spacial score (nSPS) is 10.7. The molecule has 0 unspecified atom stereocenters. The predicted octanol–water partition coefficient (Wildman–Crippen LogP) is 3.93. The molecule has 3 aromatic rings. The van der Waals surface area contributed by atoms with Crippen molar-refractivity contribution in [2.24, 2.45) is 0 Å². The number of hydrogen-bond acceptors (Lipinski definition) is 4. The van der Waals surface area contributed by atoms with Gasteiger partial charge >= 0.3 is 0 Å². The van der Waals surface area contributed by atoms with Gasteiger partial charge < -0.3 is 14.8 Å². The number of fused-ring (bicyclic) bond motifs is 1. The number of ether oxygens (including phenoxy) is 2. The number of rotatable bonds is 5. The summed E-state index contributed by atoms with van der Waals surface area (Å²) in [6, 6.07) is 9.01. The number of amides is 1. The Bertz CT molecular complexity index is 937. The molecule has 0 aliphatic carbocycles. The van der Waals surface area contributed by atoms with E-state index in [1.165, 1.54) is 0 Å². The molecule has 0 bridgehead atoms. The second-order valence-corrected chi connectivity index (χ2v) is 6.27. The third-order valence-electron chi connectivity index (χ3n) is 3.86. The van der Waals surface area contributed by atoms with Crippen LogP contribution in [0.1, 0.15) is 23.1 Å². The van der Waals surface area contributed by atoms with Gasteiger partial charge in [0.2, 0.25) is 0 Å². The van der Waals surface area contributed by atoms with Crippen molar-refractivity contribution >= 4 is 33.2 Å². The Hall–Kier alpha value is -2.54. The lowest BCUT2D eigenvalue weighted by Crippen LogP contribution is -2.17. The average Bonchev–Trinajstić information content (AvgIpc) is 2.99. The van der Waals surface area contributed by atoms with Gasteiger partial charge in [-0.15, -0.1) is 0 Å². The number of benzene rings is 1. The molecule has 0 spiro atoms. The van der Waals surface area contributed by atoms with E-state index < -0.39 is 0 Å². The second-order valence-electron chi connectivity index (χ2n) is 5.36. The highest BCUT2D eigenvalue weighted by Crippen LogP contribution is 2.29. The zero-order valence-corrected chi connectivity index (χ0v) is 15.8. The zero-order valence-electron chi connectivity index (χ0n) is 14.2. The highest BCUT2D eigenvalue weighted by molar-refractivity contribution is 9.10. The summed E-state index contributed by atoms with van der Waals surface area (Å²) in [7, 11) is 3.13. The first kappa shape index (κ1) is 17.3. The van der Waals surface area contributed by atoms with Gasteiger partial charge in [-0.05, 0) is 46.6 Å². The molecule has 0 saturated heterocycles. The van der Waals surface area contributed by atoms with Gasteiger partial charge in [-0.2, -0.15) is 0 Å². The molecule has 2 aromatic heterocycles. The Morgan fingerprint density at radius 1 is 1.24 bits per heavy atom. The summed E-state index contributed by atoms with van der Waals surface area (Å²) in [4.78, 5) is 17.5. The van der Waals surface area contributed by atoms with Crippen molar-refractivity contribution in [1.82, 2.24) is 9.38 Å². The van der Waals surface area contributed by atoms with E-state index in [9.17, 15) is 4.79 Å². The molecule has 0 radical (unpaired) electrons.